The van der Waals surface area contributed by atoms with Crippen LogP contribution >= 0.6 is 11.3 Å². The summed E-state index contributed by atoms with van der Waals surface area (Å²) < 4.78 is 7.25. The molecule has 0 saturated heterocycles. The molecular weight excluding hydrogens is 478 g/mol. The lowest BCUT2D eigenvalue weighted by Gasteiger charge is -2.25. The fourth-order valence-corrected chi connectivity index (χ4v) is 5.50. The third-order valence-electron chi connectivity index (χ3n) is 6.01. The van der Waals surface area contributed by atoms with Crippen molar-refractivity contribution < 1.29 is 14.5 Å². The van der Waals surface area contributed by atoms with Gasteiger partial charge in [-0.05, 0) is 41.8 Å². The van der Waals surface area contributed by atoms with Crippen molar-refractivity contribution in [2.24, 2.45) is 4.99 Å². The van der Waals surface area contributed by atoms with Crippen LogP contribution in [-0.2, 0) is 9.53 Å². The van der Waals surface area contributed by atoms with Crippen molar-refractivity contribution in [3.05, 3.63) is 119 Å². The van der Waals surface area contributed by atoms with Gasteiger partial charge in [0.05, 0.1) is 33.4 Å². The molecule has 0 bridgehead atoms. The van der Waals surface area contributed by atoms with E-state index in [-0.39, 0.29) is 17.9 Å². The van der Waals surface area contributed by atoms with Crippen LogP contribution in [0.5, 0.6) is 0 Å². The number of nitro groups is 1. The lowest BCUT2D eigenvalue weighted by atomic mass is 9.91. The molecule has 180 valence electrons. The summed E-state index contributed by atoms with van der Waals surface area (Å²) >= 11 is 1.18. The van der Waals surface area contributed by atoms with Crippen LogP contribution in [0.15, 0.2) is 87.8 Å². The summed E-state index contributed by atoms with van der Waals surface area (Å²) in [6.45, 7) is 3.66. The lowest BCUT2D eigenvalue weighted by Crippen LogP contribution is -2.40. The maximum atomic E-state index is 13.8. The zero-order valence-corrected chi connectivity index (χ0v) is 20.3. The average molecular weight is 500 g/mol. The Morgan fingerprint density at radius 3 is 2.69 bits per heavy atom. The van der Waals surface area contributed by atoms with Crippen LogP contribution in [0.25, 0.3) is 16.8 Å². The molecule has 1 atom stereocenters. The summed E-state index contributed by atoms with van der Waals surface area (Å²) in [5.41, 5.74) is 1.70. The van der Waals surface area contributed by atoms with Gasteiger partial charge in [-0.25, -0.2) is 9.79 Å². The van der Waals surface area contributed by atoms with E-state index in [9.17, 15) is 19.7 Å². The van der Waals surface area contributed by atoms with Crippen LogP contribution in [0, 0.1) is 10.1 Å². The summed E-state index contributed by atoms with van der Waals surface area (Å²) in [5.74, 6) is -0.523. The zero-order valence-electron chi connectivity index (χ0n) is 19.5. The molecule has 0 amide bonds. The quantitative estimate of drug-likeness (QED) is 0.236. The molecule has 9 heteroatoms. The molecule has 0 N–H and O–H groups in total. The van der Waals surface area contributed by atoms with Crippen LogP contribution in [-0.4, -0.2) is 22.1 Å². The van der Waals surface area contributed by atoms with Crippen LogP contribution in [0.3, 0.4) is 0 Å². The Balaban J connectivity index is 1.78. The van der Waals surface area contributed by atoms with Crippen LogP contribution in [0.1, 0.15) is 31.0 Å². The number of non-ortho nitro benzene ring substituents is 1. The fraction of sp³-hybridized carbons (Fsp3) is 0.148. The van der Waals surface area contributed by atoms with Crippen molar-refractivity contribution >= 4 is 39.8 Å². The number of thiazole rings is 1. The highest BCUT2D eigenvalue weighted by Gasteiger charge is 2.34. The second kappa shape index (κ2) is 9.35. The monoisotopic (exact) mass is 499 g/mol. The topological polar surface area (TPSA) is 104 Å². The van der Waals surface area contributed by atoms with E-state index in [1.54, 1.807) is 32.1 Å². The van der Waals surface area contributed by atoms with Crippen molar-refractivity contribution in [2.75, 3.05) is 6.61 Å². The minimum atomic E-state index is -0.737. The van der Waals surface area contributed by atoms with Crippen LogP contribution in [0.4, 0.5) is 5.69 Å². The zero-order chi connectivity index (χ0) is 25.4. The number of carbonyl (C=O) groups excluding carboxylic acids is 1. The van der Waals surface area contributed by atoms with Crippen LogP contribution < -0.4 is 14.9 Å². The number of benzene rings is 3. The predicted octanol–water partition coefficient (Wildman–Crippen LogP) is 3.86. The normalized spacial score (nSPS) is 15.5. The molecule has 0 saturated carbocycles. The Morgan fingerprint density at radius 1 is 1.17 bits per heavy atom. The first-order chi connectivity index (χ1) is 17.4. The summed E-state index contributed by atoms with van der Waals surface area (Å²) in [5, 5.41) is 13.1. The van der Waals surface area contributed by atoms with E-state index in [1.807, 2.05) is 42.5 Å². The first-order valence-electron chi connectivity index (χ1n) is 11.3. The number of carbonyl (C=O) groups is 1. The molecule has 1 aromatic heterocycles. The van der Waals surface area contributed by atoms with Gasteiger partial charge in [-0.15, -0.1) is 0 Å². The van der Waals surface area contributed by atoms with Gasteiger partial charge in [0.2, 0.25) is 0 Å². The highest BCUT2D eigenvalue weighted by molar-refractivity contribution is 7.07. The molecule has 0 fully saturated rings. The van der Waals surface area contributed by atoms with Gasteiger partial charge in [0.25, 0.3) is 11.2 Å². The number of esters is 1. The standard InChI is InChI=1S/C27H21N3O5S/c1-3-35-26(32)23-16(2)28-27-29(24(23)21-13-7-10-18-9-4-5-12-20(18)21)25(31)22(36-27)15-17-8-6-11-19(14-17)30(33)34/h4-15,24H,3H2,1-2H3/b22-15+/t24-/m1/s1. The molecule has 1 aliphatic heterocycles. The SMILES string of the molecule is CCOC(=O)C1=C(C)N=c2s/c(=C/c3cccc([N+](=O)[O-])c3)c(=O)n2[C@@H]1c1cccc2ccccc12. The Labute approximate surface area is 209 Å². The van der Waals surface area contributed by atoms with Gasteiger partial charge in [-0.3, -0.25) is 19.5 Å². The maximum Gasteiger partial charge on any atom is 0.338 e. The molecule has 8 nitrogen and oxygen atoms in total. The summed E-state index contributed by atoms with van der Waals surface area (Å²) in [6, 6.07) is 18.9. The van der Waals surface area contributed by atoms with E-state index < -0.39 is 16.9 Å². The van der Waals surface area contributed by atoms with Crippen molar-refractivity contribution in [3.63, 3.8) is 0 Å². The largest absolute Gasteiger partial charge is 0.463 e. The highest BCUT2D eigenvalue weighted by Crippen LogP contribution is 2.34. The van der Waals surface area contributed by atoms with E-state index in [4.69, 9.17) is 4.74 Å². The van der Waals surface area contributed by atoms with Crippen molar-refractivity contribution in [3.8, 4) is 0 Å². The predicted molar refractivity (Wildman–Crippen MR) is 137 cm³/mol. The first kappa shape index (κ1) is 23.4. The van der Waals surface area contributed by atoms with Gasteiger partial charge in [0.15, 0.2) is 4.80 Å². The molecule has 36 heavy (non-hydrogen) atoms. The molecular formula is C27H21N3O5S. The van der Waals surface area contributed by atoms with E-state index in [2.05, 4.69) is 4.99 Å². The number of nitro benzene ring substituents is 1. The van der Waals surface area contributed by atoms with Gasteiger partial charge in [-0.1, -0.05) is 65.9 Å². The van der Waals surface area contributed by atoms with Gasteiger partial charge >= 0.3 is 5.97 Å². The van der Waals surface area contributed by atoms with E-state index in [0.717, 1.165) is 16.3 Å². The third-order valence-corrected chi connectivity index (χ3v) is 7.00. The van der Waals surface area contributed by atoms with Gasteiger partial charge in [0, 0.05) is 12.1 Å². The number of allylic oxidation sites excluding steroid dienone is 1. The second-order valence-corrected chi connectivity index (χ2v) is 9.23. The number of nitrogens with zero attached hydrogens (tertiary/aromatic N) is 3. The van der Waals surface area contributed by atoms with Crippen molar-refractivity contribution in [2.45, 2.75) is 19.9 Å². The Bertz CT molecular complexity index is 1740. The Morgan fingerprint density at radius 2 is 1.92 bits per heavy atom. The molecule has 5 rings (SSSR count). The van der Waals surface area contributed by atoms with Crippen LogP contribution in [0.2, 0.25) is 0 Å². The fourth-order valence-electron chi connectivity index (χ4n) is 4.45. The molecule has 1 aliphatic rings. The maximum absolute atomic E-state index is 13.8. The number of ether oxygens (including phenoxy) is 1. The van der Waals surface area contributed by atoms with E-state index in [1.165, 1.54) is 28.0 Å². The van der Waals surface area contributed by atoms with Gasteiger partial charge in [0.1, 0.15) is 0 Å². The van der Waals surface area contributed by atoms with Gasteiger partial charge < -0.3 is 4.74 Å². The van der Waals surface area contributed by atoms with E-state index >= 15 is 0 Å². The number of fused-ring (bicyclic) bond motifs is 2. The third kappa shape index (κ3) is 4.03. The number of rotatable bonds is 5. The highest BCUT2D eigenvalue weighted by atomic mass is 32.1. The number of hydrogen-bond acceptors (Lipinski definition) is 7. The molecule has 4 aromatic rings. The molecule has 0 spiro atoms. The molecule has 0 unspecified atom stereocenters. The summed E-state index contributed by atoms with van der Waals surface area (Å²) in [7, 11) is 0. The Kier molecular flexibility index (Phi) is 6.07. The molecule has 0 radical (unpaired) electrons. The summed E-state index contributed by atoms with van der Waals surface area (Å²) in [4.78, 5) is 42.6. The minimum Gasteiger partial charge on any atom is -0.463 e. The number of aromatic nitrogens is 1. The average Bonchev–Trinajstić information content (AvgIpc) is 3.17. The lowest BCUT2D eigenvalue weighted by molar-refractivity contribution is -0.384. The minimum absolute atomic E-state index is 0.0643. The second-order valence-electron chi connectivity index (χ2n) is 8.22. The molecule has 3 aromatic carbocycles. The molecule has 2 heterocycles. The van der Waals surface area contributed by atoms with Gasteiger partial charge in [-0.2, -0.15) is 0 Å². The molecule has 0 aliphatic carbocycles. The smallest absolute Gasteiger partial charge is 0.338 e. The van der Waals surface area contributed by atoms with Crippen molar-refractivity contribution in [1.82, 2.24) is 4.57 Å². The number of hydrogen-bond donors (Lipinski definition) is 0. The summed E-state index contributed by atoms with van der Waals surface area (Å²) in [6.07, 6.45) is 1.61. The van der Waals surface area contributed by atoms with E-state index in [0.29, 0.717) is 26.2 Å². The Hall–Kier alpha value is -4.37. The van der Waals surface area contributed by atoms with Crippen molar-refractivity contribution in [1.29, 1.82) is 0 Å². The first-order valence-corrected chi connectivity index (χ1v) is 12.1.